The van der Waals surface area contributed by atoms with Crippen molar-refractivity contribution in [3.63, 3.8) is 0 Å². The lowest BCUT2D eigenvalue weighted by molar-refractivity contribution is -0.122. The van der Waals surface area contributed by atoms with Gasteiger partial charge in [0, 0.05) is 6.54 Å². The normalized spacial score (nSPS) is 11.8. The monoisotopic (exact) mass is 168 g/mol. The number of hydrogen-bond donors (Lipinski definition) is 2. The SMILES string of the molecule is C=CCCNC(=O)C(N)CC=C. The quantitative estimate of drug-likeness (QED) is 0.450. The van der Waals surface area contributed by atoms with Gasteiger partial charge in [-0.1, -0.05) is 12.2 Å². The van der Waals surface area contributed by atoms with Crippen LogP contribution >= 0.6 is 0 Å². The van der Waals surface area contributed by atoms with Crippen molar-refractivity contribution in [1.29, 1.82) is 0 Å². The highest BCUT2D eigenvalue weighted by Crippen LogP contribution is 1.88. The molecule has 0 aromatic carbocycles. The van der Waals surface area contributed by atoms with Crippen LogP contribution in [-0.2, 0) is 4.79 Å². The summed E-state index contributed by atoms with van der Waals surface area (Å²) >= 11 is 0. The van der Waals surface area contributed by atoms with Gasteiger partial charge in [-0.2, -0.15) is 0 Å². The van der Waals surface area contributed by atoms with Crippen molar-refractivity contribution >= 4 is 5.91 Å². The van der Waals surface area contributed by atoms with E-state index >= 15 is 0 Å². The number of amides is 1. The van der Waals surface area contributed by atoms with Crippen molar-refractivity contribution in [2.45, 2.75) is 18.9 Å². The highest BCUT2D eigenvalue weighted by Gasteiger charge is 2.09. The molecule has 1 unspecified atom stereocenters. The summed E-state index contributed by atoms with van der Waals surface area (Å²) < 4.78 is 0. The van der Waals surface area contributed by atoms with Crippen molar-refractivity contribution in [3.05, 3.63) is 25.3 Å². The van der Waals surface area contributed by atoms with E-state index in [-0.39, 0.29) is 5.91 Å². The van der Waals surface area contributed by atoms with Gasteiger partial charge >= 0.3 is 0 Å². The summed E-state index contributed by atoms with van der Waals surface area (Å²) in [6.45, 7) is 7.65. The zero-order chi connectivity index (χ0) is 9.40. The van der Waals surface area contributed by atoms with Gasteiger partial charge in [-0.15, -0.1) is 13.2 Å². The van der Waals surface area contributed by atoms with E-state index in [4.69, 9.17) is 5.73 Å². The average molecular weight is 168 g/mol. The third-order valence-corrected chi connectivity index (χ3v) is 1.41. The molecule has 0 radical (unpaired) electrons. The summed E-state index contributed by atoms with van der Waals surface area (Å²) in [5.41, 5.74) is 5.50. The summed E-state index contributed by atoms with van der Waals surface area (Å²) in [6, 6.07) is -0.465. The first-order chi connectivity index (χ1) is 5.72. The lowest BCUT2D eigenvalue weighted by Gasteiger charge is -2.08. The van der Waals surface area contributed by atoms with E-state index in [9.17, 15) is 4.79 Å². The van der Waals surface area contributed by atoms with Gasteiger partial charge in [0.05, 0.1) is 6.04 Å². The van der Waals surface area contributed by atoms with E-state index in [0.717, 1.165) is 6.42 Å². The summed E-state index contributed by atoms with van der Waals surface area (Å²) in [4.78, 5) is 11.1. The predicted octanol–water partition coefficient (Wildman–Crippen LogP) is 0.582. The van der Waals surface area contributed by atoms with Crippen LogP contribution in [-0.4, -0.2) is 18.5 Å². The molecule has 0 heterocycles. The minimum absolute atomic E-state index is 0.128. The second kappa shape index (κ2) is 6.61. The van der Waals surface area contributed by atoms with Crippen LogP contribution in [0.3, 0.4) is 0 Å². The van der Waals surface area contributed by atoms with E-state index in [1.807, 2.05) is 0 Å². The lowest BCUT2D eigenvalue weighted by Crippen LogP contribution is -2.40. The zero-order valence-electron chi connectivity index (χ0n) is 7.25. The summed E-state index contributed by atoms with van der Waals surface area (Å²) in [5.74, 6) is -0.128. The Morgan fingerprint density at radius 1 is 1.50 bits per heavy atom. The highest BCUT2D eigenvalue weighted by atomic mass is 16.2. The third kappa shape index (κ3) is 4.68. The van der Waals surface area contributed by atoms with Crippen molar-refractivity contribution in [2.75, 3.05) is 6.54 Å². The molecule has 12 heavy (non-hydrogen) atoms. The molecular weight excluding hydrogens is 152 g/mol. The van der Waals surface area contributed by atoms with Crippen LogP contribution in [0.25, 0.3) is 0 Å². The van der Waals surface area contributed by atoms with E-state index in [2.05, 4.69) is 18.5 Å². The number of carbonyl (C=O) groups is 1. The first-order valence-electron chi connectivity index (χ1n) is 3.97. The Hall–Kier alpha value is -1.09. The molecule has 0 aromatic rings. The van der Waals surface area contributed by atoms with E-state index in [1.54, 1.807) is 12.2 Å². The van der Waals surface area contributed by atoms with Crippen molar-refractivity contribution in [3.8, 4) is 0 Å². The smallest absolute Gasteiger partial charge is 0.237 e. The standard InChI is InChI=1S/C9H16N2O/c1-3-5-7-11-9(12)8(10)6-4-2/h3-4,8H,1-2,5-7,10H2,(H,11,12). The van der Waals surface area contributed by atoms with Crippen LogP contribution < -0.4 is 11.1 Å². The molecule has 0 aromatic heterocycles. The second-order valence-electron chi connectivity index (χ2n) is 2.50. The van der Waals surface area contributed by atoms with Crippen LogP contribution in [0, 0.1) is 0 Å². The third-order valence-electron chi connectivity index (χ3n) is 1.41. The van der Waals surface area contributed by atoms with E-state index in [0.29, 0.717) is 13.0 Å². The highest BCUT2D eigenvalue weighted by molar-refractivity contribution is 5.81. The molecule has 0 rings (SSSR count). The molecular formula is C9H16N2O. The molecule has 0 saturated carbocycles. The molecule has 0 aliphatic rings. The van der Waals surface area contributed by atoms with Crippen LogP contribution in [0.1, 0.15) is 12.8 Å². The summed E-state index contributed by atoms with van der Waals surface area (Å²) in [6.07, 6.45) is 4.67. The van der Waals surface area contributed by atoms with E-state index < -0.39 is 6.04 Å². The molecule has 0 spiro atoms. The number of carbonyl (C=O) groups excluding carboxylic acids is 1. The van der Waals surface area contributed by atoms with E-state index in [1.165, 1.54) is 0 Å². The fourth-order valence-corrected chi connectivity index (χ4v) is 0.715. The maximum absolute atomic E-state index is 11.1. The average Bonchev–Trinajstić information content (AvgIpc) is 2.05. The minimum atomic E-state index is -0.465. The number of hydrogen-bond acceptors (Lipinski definition) is 2. The maximum Gasteiger partial charge on any atom is 0.237 e. The number of nitrogens with two attached hydrogens (primary N) is 1. The Morgan fingerprint density at radius 2 is 2.17 bits per heavy atom. The Morgan fingerprint density at radius 3 is 2.67 bits per heavy atom. The van der Waals surface area contributed by atoms with Gasteiger partial charge < -0.3 is 11.1 Å². The fraction of sp³-hybridized carbons (Fsp3) is 0.444. The topological polar surface area (TPSA) is 55.1 Å². The molecule has 1 amide bonds. The molecule has 3 N–H and O–H groups in total. The zero-order valence-corrected chi connectivity index (χ0v) is 7.25. The summed E-state index contributed by atoms with van der Waals surface area (Å²) in [5, 5.41) is 2.69. The molecule has 0 bridgehead atoms. The molecule has 3 nitrogen and oxygen atoms in total. The largest absolute Gasteiger partial charge is 0.354 e. The van der Waals surface area contributed by atoms with Gasteiger partial charge in [0.2, 0.25) is 5.91 Å². The molecule has 68 valence electrons. The minimum Gasteiger partial charge on any atom is -0.354 e. The Labute approximate surface area is 73.3 Å². The molecule has 0 aliphatic carbocycles. The van der Waals surface area contributed by atoms with Gasteiger partial charge in [-0.3, -0.25) is 4.79 Å². The second-order valence-corrected chi connectivity index (χ2v) is 2.50. The van der Waals surface area contributed by atoms with Gasteiger partial charge in [0.15, 0.2) is 0 Å². The Kier molecular flexibility index (Phi) is 6.01. The fourth-order valence-electron chi connectivity index (χ4n) is 0.715. The van der Waals surface area contributed by atoms with Crippen molar-refractivity contribution < 1.29 is 4.79 Å². The first kappa shape index (κ1) is 10.9. The van der Waals surface area contributed by atoms with Gasteiger partial charge in [0.1, 0.15) is 0 Å². The summed E-state index contributed by atoms with van der Waals surface area (Å²) in [7, 11) is 0. The molecule has 0 aliphatic heterocycles. The predicted molar refractivity (Wildman–Crippen MR) is 50.6 cm³/mol. The maximum atomic E-state index is 11.1. The number of rotatable bonds is 6. The van der Waals surface area contributed by atoms with Gasteiger partial charge in [0.25, 0.3) is 0 Å². The van der Waals surface area contributed by atoms with Crippen molar-refractivity contribution in [1.82, 2.24) is 5.32 Å². The molecule has 3 heteroatoms. The van der Waals surface area contributed by atoms with Gasteiger partial charge in [-0.05, 0) is 12.8 Å². The lowest BCUT2D eigenvalue weighted by atomic mass is 10.2. The first-order valence-corrected chi connectivity index (χ1v) is 3.97. The molecule has 0 saturated heterocycles. The molecule has 0 fully saturated rings. The van der Waals surface area contributed by atoms with Crippen molar-refractivity contribution in [2.24, 2.45) is 5.73 Å². The van der Waals surface area contributed by atoms with Gasteiger partial charge in [-0.25, -0.2) is 0 Å². The van der Waals surface area contributed by atoms with Crippen LogP contribution in [0.5, 0.6) is 0 Å². The van der Waals surface area contributed by atoms with Crippen LogP contribution in [0.15, 0.2) is 25.3 Å². The van der Waals surface area contributed by atoms with Crippen LogP contribution in [0.2, 0.25) is 0 Å². The van der Waals surface area contributed by atoms with Crippen LogP contribution in [0.4, 0.5) is 0 Å². The Bertz CT molecular complexity index is 166. The molecule has 1 atom stereocenters. The number of nitrogens with one attached hydrogen (secondary N) is 1. The Balaban J connectivity index is 3.55.